The molecule has 1 aliphatic rings. The molecule has 0 aliphatic heterocycles. The van der Waals surface area contributed by atoms with Crippen molar-refractivity contribution in [3.8, 4) is 6.07 Å². The zero-order valence-electron chi connectivity index (χ0n) is 11.1. The highest BCUT2D eigenvalue weighted by atomic mass is 79.9. The van der Waals surface area contributed by atoms with Gasteiger partial charge in [0.1, 0.15) is 6.07 Å². The van der Waals surface area contributed by atoms with Crippen LogP contribution in [0.2, 0.25) is 0 Å². The monoisotopic (exact) mass is 322 g/mol. The largest absolute Gasteiger partial charge is 0.388 e. The van der Waals surface area contributed by atoms with Crippen molar-refractivity contribution in [1.29, 1.82) is 5.26 Å². The third-order valence-electron chi connectivity index (χ3n) is 3.78. The van der Waals surface area contributed by atoms with Crippen LogP contribution in [0.25, 0.3) is 0 Å². The van der Waals surface area contributed by atoms with E-state index in [0.717, 1.165) is 29.4 Å². The number of halogens is 1. The first-order chi connectivity index (χ1) is 9.02. The maximum atomic E-state index is 10.5. The highest BCUT2D eigenvalue weighted by Gasteiger charge is 2.32. The van der Waals surface area contributed by atoms with E-state index >= 15 is 0 Å². The van der Waals surface area contributed by atoms with Gasteiger partial charge < -0.3 is 10.4 Å². The molecule has 1 aromatic carbocycles. The molecule has 4 heteroatoms. The van der Waals surface area contributed by atoms with Crippen molar-refractivity contribution in [2.24, 2.45) is 5.92 Å². The molecule has 0 saturated heterocycles. The Bertz CT molecular complexity index is 497. The minimum atomic E-state index is -0.599. The summed E-state index contributed by atoms with van der Waals surface area (Å²) in [5.74, 6) is 0.591. The summed E-state index contributed by atoms with van der Waals surface area (Å²) in [5.41, 5.74) is 0.950. The first kappa shape index (κ1) is 14.4. The molecule has 19 heavy (non-hydrogen) atoms. The number of anilines is 1. The molecule has 0 heterocycles. The topological polar surface area (TPSA) is 56.0 Å². The number of nitriles is 1. The zero-order valence-corrected chi connectivity index (χ0v) is 12.7. The van der Waals surface area contributed by atoms with Gasteiger partial charge in [-0.25, -0.2) is 0 Å². The number of hydrogen-bond donors (Lipinski definition) is 2. The zero-order chi connectivity index (χ0) is 13.9. The van der Waals surface area contributed by atoms with Crippen LogP contribution in [-0.2, 0) is 0 Å². The highest BCUT2D eigenvalue weighted by Crippen LogP contribution is 2.32. The van der Waals surface area contributed by atoms with Crippen LogP contribution >= 0.6 is 15.9 Å². The van der Waals surface area contributed by atoms with Gasteiger partial charge in [-0.2, -0.15) is 5.26 Å². The Morgan fingerprint density at radius 1 is 1.58 bits per heavy atom. The number of benzene rings is 1. The van der Waals surface area contributed by atoms with Crippen molar-refractivity contribution in [2.75, 3.05) is 11.9 Å². The molecule has 1 aromatic rings. The maximum Gasteiger partial charge on any atom is 0.100 e. The van der Waals surface area contributed by atoms with E-state index in [1.54, 1.807) is 6.07 Å². The summed E-state index contributed by atoms with van der Waals surface area (Å²) in [7, 11) is 0. The smallest absolute Gasteiger partial charge is 0.100 e. The maximum absolute atomic E-state index is 10.5. The average molecular weight is 323 g/mol. The van der Waals surface area contributed by atoms with Gasteiger partial charge >= 0.3 is 0 Å². The van der Waals surface area contributed by atoms with E-state index in [0.29, 0.717) is 18.0 Å². The summed E-state index contributed by atoms with van der Waals surface area (Å²) in [4.78, 5) is 0. The molecule has 2 atom stereocenters. The molecule has 2 unspecified atom stereocenters. The normalized spacial score (nSPS) is 26.7. The van der Waals surface area contributed by atoms with E-state index < -0.39 is 5.60 Å². The predicted molar refractivity (Wildman–Crippen MR) is 79.9 cm³/mol. The Hall–Kier alpha value is -1.05. The van der Waals surface area contributed by atoms with Crippen molar-refractivity contribution in [2.45, 2.75) is 38.2 Å². The molecule has 0 amide bonds. The minimum absolute atomic E-state index is 0.565. The Labute approximate surface area is 122 Å². The summed E-state index contributed by atoms with van der Waals surface area (Å²) in [6, 6.07) is 7.65. The number of nitrogens with one attached hydrogen (secondary N) is 1. The lowest BCUT2D eigenvalue weighted by atomic mass is 9.79. The van der Waals surface area contributed by atoms with E-state index in [1.807, 2.05) is 12.1 Å². The average Bonchev–Trinajstić information content (AvgIpc) is 2.36. The van der Waals surface area contributed by atoms with Crippen LogP contribution in [-0.4, -0.2) is 17.3 Å². The van der Waals surface area contributed by atoms with Gasteiger partial charge in [-0.3, -0.25) is 0 Å². The molecule has 1 saturated carbocycles. The third kappa shape index (κ3) is 3.71. The van der Waals surface area contributed by atoms with E-state index in [1.165, 1.54) is 6.42 Å². The van der Waals surface area contributed by atoms with Gasteiger partial charge in [0.05, 0.1) is 11.2 Å². The quantitative estimate of drug-likeness (QED) is 0.892. The molecule has 0 bridgehead atoms. The van der Waals surface area contributed by atoms with E-state index in [9.17, 15) is 5.11 Å². The molecule has 1 aliphatic carbocycles. The van der Waals surface area contributed by atoms with Crippen LogP contribution in [0.4, 0.5) is 5.69 Å². The van der Waals surface area contributed by atoms with E-state index in [2.05, 4.69) is 34.2 Å². The Morgan fingerprint density at radius 3 is 3.00 bits per heavy atom. The molecule has 1 fully saturated rings. The molecular weight excluding hydrogens is 304 g/mol. The van der Waals surface area contributed by atoms with Crippen molar-refractivity contribution in [3.63, 3.8) is 0 Å². The molecule has 0 aromatic heterocycles. The number of rotatable bonds is 3. The standard InChI is InChI=1S/C15H19BrN2O/c1-11-3-2-6-15(19,8-11)10-18-13-5-4-12(9-17)14(16)7-13/h4-5,7,11,18-19H,2-3,6,8,10H2,1H3. The summed E-state index contributed by atoms with van der Waals surface area (Å²) >= 11 is 3.37. The van der Waals surface area contributed by atoms with Crippen LogP contribution in [0.5, 0.6) is 0 Å². The van der Waals surface area contributed by atoms with Crippen LogP contribution in [0, 0.1) is 17.2 Å². The van der Waals surface area contributed by atoms with Gasteiger partial charge in [-0.15, -0.1) is 0 Å². The fourth-order valence-corrected chi connectivity index (χ4v) is 3.24. The van der Waals surface area contributed by atoms with E-state index in [4.69, 9.17) is 5.26 Å². The van der Waals surface area contributed by atoms with Crippen molar-refractivity contribution in [1.82, 2.24) is 0 Å². The summed E-state index contributed by atoms with van der Waals surface area (Å²) < 4.78 is 0.781. The second-order valence-electron chi connectivity index (χ2n) is 5.59. The number of nitrogens with zero attached hydrogens (tertiary/aromatic N) is 1. The van der Waals surface area contributed by atoms with Gasteiger partial charge in [0.25, 0.3) is 0 Å². The van der Waals surface area contributed by atoms with Gasteiger partial charge in [0.15, 0.2) is 0 Å². The van der Waals surface area contributed by atoms with Crippen LogP contribution < -0.4 is 5.32 Å². The number of aliphatic hydroxyl groups is 1. The van der Waals surface area contributed by atoms with Crippen LogP contribution in [0.3, 0.4) is 0 Å². The Balaban J connectivity index is 1.99. The fraction of sp³-hybridized carbons (Fsp3) is 0.533. The molecule has 2 N–H and O–H groups in total. The lowest BCUT2D eigenvalue weighted by molar-refractivity contribution is -0.000761. The van der Waals surface area contributed by atoms with Gasteiger partial charge in [0, 0.05) is 16.7 Å². The molecule has 3 nitrogen and oxygen atoms in total. The second-order valence-corrected chi connectivity index (χ2v) is 6.44. The van der Waals surface area contributed by atoms with Gasteiger partial charge in [-0.05, 0) is 52.9 Å². The molecule has 2 rings (SSSR count). The first-order valence-corrected chi connectivity index (χ1v) is 7.48. The molecule has 0 spiro atoms. The Morgan fingerprint density at radius 2 is 2.37 bits per heavy atom. The third-order valence-corrected chi connectivity index (χ3v) is 4.43. The molecule has 0 radical (unpaired) electrons. The number of hydrogen-bond acceptors (Lipinski definition) is 3. The van der Waals surface area contributed by atoms with Crippen molar-refractivity contribution >= 4 is 21.6 Å². The summed E-state index contributed by atoms with van der Waals surface area (Å²) in [5, 5.41) is 22.7. The first-order valence-electron chi connectivity index (χ1n) is 6.68. The van der Waals surface area contributed by atoms with Crippen molar-refractivity contribution in [3.05, 3.63) is 28.2 Å². The van der Waals surface area contributed by atoms with Gasteiger partial charge in [-0.1, -0.05) is 19.8 Å². The van der Waals surface area contributed by atoms with E-state index in [-0.39, 0.29) is 0 Å². The lowest BCUT2D eigenvalue weighted by Crippen LogP contribution is -2.41. The summed E-state index contributed by atoms with van der Waals surface area (Å²) in [6.45, 7) is 2.76. The lowest BCUT2D eigenvalue weighted by Gasteiger charge is -2.35. The molecule has 102 valence electrons. The van der Waals surface area contributed by atoms with Crippen LogP contribution in [0.1, 0.15) is 38.2 Å². The predicted octanol–water partition coefficient (Wildman–Crippen LogP) is 3.67. The van der Waals surface area contributed by atoms with Crippen molar-refractivity contribution < 1.29 is 5.11 Å². The Kier molecular flexibility index (Phi) is 4.49. The molecular formula is C15H19BrN2O. The second kappa shape index (κ2) is 5.94. The van der Waals surface area contributed by atoms with Gasteiger partial charge in [0.2, 0.25) is 0 Å². The fourth-order valence-electron chi connectivity index (χ4n) is 2.78. The van der Waals surface area contributed by atoms with Crippen LogP contribution in [0.15, 0.2) is 22.7 Å². The SMILES string of the molecule is CC1CCCC(O)(CNc2ccc(C#N)c(Br)c2)C1. The summed E-state index contributed by atoms with van der Waals surface area (Å²) in [6.07, 6.45) is 4.03. The minimum Gasteiger partial charge on any atom is -0.388 e. The highest BCUT2D eigenvalue weighted by molar-refractivity contribution is 9.10.